The highest BCUT2D eigenvalue weighted by Crippen LogP contribution is 2.34. The normalized spacial score (nSPS) is 17.1. The molecule has 0 spiro atoms. The van der Waals surface area contributed by atoms with Gasteiger partial charge in [0.15, 0.2) is 0 Å². The molecule has 1 saturated carbocycles. The van der Waals surface area contributed by atoms with Crippen LogP contribution in [-0.2, 0) is 5.88 Å². The second-order valence-electron chi connectivity index (χ2n) is 4.78. The fourth-order valence-electron chi connectivity index (χ4n) is 2.71. The molecule has 0 heterocycles. The van der Waals surface area contributed by atoms with Crippen molar-refractivity contribution < 1.29 is 0 Å². The summed E-state index contributed by atoms with van der Waals surface area (Å²) in [6.45, 7) is 0. The first-order chi connectivity index (χ1) is 8.24. The number of anilines is 1. The Kier molecular flexibility index (Phi) is 4.58. The first-order valence-corrected chi connectivity index (χ1v) is 7.21. The molecule has 1 nitrogen and oxygen atoms in total. The van der Waals surface area contributed by atoms with Crippen molar-refractivity contribution in [3.63, 3.8) is 0 Å². The van der Waals surface area contributed by atoms with Crippen LogP contribution in [0.2, 0.25) is 5.02 Å². The summed E-state index contributed by atoms with van der Waals surface area (Å²) in [5.74, 6) is 0.521. The smallest absolute Gasteiger partial charge is 0.0642 e. The summed E-state index contributed by atoms with van der Waals surface area (Å²) in [6, 6.07) is 6.60. The number of hydrogen-bond acceptors (Lipinski definition) is 1. The third-order valence-corrected chi connectivity index (χ3v) is 4.28. The quantitative estimate of drug-likeness (QED) is 0.711. The average molecular weight is 272 g/mol. The zero-order valence-corrected chi connectivity index (χ0v) is 11.8. The number of hydrogen-bond donors (Lipinski definition) is 0. The van der Waals surface area contributed by atoms with Gasteiger partial charge in [-0.3, -0.25) is 0 Å². The molecule has 2 rings (SSSR count). The third-order valence-electron chi connectivity index (χ3n) is 3.69. The Bertz CT molecular complexity index is 372. The molecule has 0 atom stereocenters. The van der Waals surface area contributed by atoms with E-state index in [1.165, 1.54) is 32.1 Å². The topological polar surface area (TPSA) is 3.24 Å². The highest BCUT2D eigenvalue weighted by Gasteiger charge is 2.21. The number of nitrogens with zero attached hydrogens (tertiary/aromatic N) is 1. The molecule has 0 saturated heterocycles. The number of benzene rings is 1. The van der Waals surface area contributed by atoms with Crippen LogP contribution in [0.4, 0.5) is 5.69 Å². The first kappa shape index (κ1) is 13.0. The Labute approximate surface area is 114 Å². The summed E-state index contributed by atoms with van der Waals surface area (Å²) >= 11 is 12.3. The lowest BCUT2D eigenvalue weighted by Gasteiger charge is -2.34. The van der Waals surface area contributed by atoms with Crippen molar-refractivity contribution >= 4 is 28.9 Å². The van der Waals surface area contributed by atoms with Gasteiger partial charge in [-0.15, -0.1) is 11.6 Å². The molecule has 17 heavy (non-hydrogen) atoms. The number of alkyl halides is 1. The predicted octanol–water partition coefficient (Wildman–Crippen LogP) is 4.85. The van der Waals surface area contributed by atoms with Crippen molar-refractivity contribution in [2.24, 2.45) is 0 Å². The van der Waals surface area contributed by atoms with Crippen LogP contribution in [0.5, 0.6) is 0 Å². The Morgan fingerprint density at radius 1 is 1.24 bits per heavy atom. The Hall–Kier alpha value is -0.400. The maximum atomic E-state index is 6.32. The van der Waals surface area contributed by atoms with Gasteiger partial charge in [-0.2, -0.15) is 0 Å². The minimum absolute atomic E-state index is 0.521. The fraction of sp³-hybridized carbons (Fsp3) is 0.571. The van der Waals surface area contributed by atoms with Crippen LogP contribution in [0.3, 0.4) is 0 Å². The molecule has 3 heteroatoms. The van der Waals surface area contributed by atoms with E-state index in [1.54, 1.807) is 0 Å². The number of para-hydroxylation sites is 1. The monoisotopic (exact) mass is 271 g/mol. The van der Waals surface area contributed by atoms with Crippen molar-refractivity contribution in [3.8, 4) is 0 Å². The van der Waals surface area contributed by atoms with E-state index in [-0.39, 0.29) is 0 Å². The molecule has 0 bridgehead atoms. The minimum atomic E-state index is 0.521. The van der Waals surface area contributed by atoms with E-state index in [0.717, 1.165) is 16.3 Å². The molecule has 1 aromatic rings. The highest BCUT2D eigenvalue weighted by atomic mass is 35.5. The Balaban J connectivity index is 2.25. The van der Waals surface area contributed by atoms with Crippen LogP contribution in [0.25, 0.3) is 0 Å². The summed E-state index contributed by atoms with van der Waals surface area (Å²) in [4.78, 5) is 2.33. The standard InChI is InChI=1S/C14H19Cl2N/c1-17(12-7-3-2-4-8-12)14-11(10-15)6-5-9-13(14)16/h5-6,9,12H,2-4,7-8,10H2,1H3. The van der Waals surface area contributed by atoms with Crippen molar-refractivity contribution in [1.29, 1.82) is 0 Å². The zero-order valence-electron chi connectivity index (χ0n) is 10.3. The lowest BCUT2D eigenvalue weighted by atomic mass is 9.94. The van der Waals surface area contributed by atoms with Gasteiger partial charge in [-0.1, -0.05) is 43.0 Å². The van der Waals surface area contributed by atoms with Gasteiger partial charge in [0.25, 0.3) is 0 Å². The molecule has 1 fully saturated rings. The number of halogens is 2. The van der Waals surface area contributed by atoms with Crippen LogP contribution < -0.4 is 4.90 Å². The lowest BCUT2D eigenvalue weighted by Crippen LogP contribution is -2.34. The van der Waals surface area contributed by atoms with Gasteiger partial charge in [0.1, 0.15) is 0 Å². The van der Waals surface area contributed by atoms with Crippen molar-refractivity contribution in [2.75, 3.05) is 11.9 Å². The van der Waals surface area contributed by atoms with E-state index >= 15 is 0 Å². The van der Waals surface area contributed by atoms with E-state index in [2.05, 4.69) is 18.0 Å². The van der Waals surface area contributed by atoms with Gasteiger partial charge < -0.3 is 4.90 Å². The fourth-order valence-corrected chi connectivity index (χ4v) is 3.26. The molecule has 94 valence electrons. The maximum Gasteiger partial charge on any atom is 0.0642 e. The van der Waals surface area contributed by atoms with E-state index in [1.807, 2.05) is 12.1 Å². The van der Waals surface area contributed by atoms with Crippen LogP contribution in [0, 0.1) is 0 Å². The molecule has 0 N–H and O–H groups in total. The van der Waals surface area contributed by atoms with Crippen molar-refractivity contribution in [3.05, 3.63) is 28.8 Å². The van der Waals surface area contributed by atoms with E-state index in [0.29, 0.717) is 11.9 Å². The molecule has 0 aromatic heterocycles. The molecule has 1 aliphatic rings. The second-order valence-corrected chi connectivity index (χ2v) is 5.46. The van der Waals surface area contributed by atoms with Gasteiger partial charge >= 0.3 is 0 Å². The molecule has 0 aliphatic heterocycles. The minimum Gasteiger partial charge on any atom is -0.370 e. The van der Waals surface area contributed by atoms with Gasteiger partial charge in [0.05, 0.1) is 10.7 Å². The molecular weight excluding hydrogens is 253 g/mol. The lowest BCUT2D eigenvalue weighted by molar-refractivity contribution is 0.427. The highest BCUT2D eigenvalue weighted by molar-refractivity contribution is 6.33. The zero-order chi connectivity index (χ0) is 12.3. The number of rotatable bonds is 3. The summed E-state index contributed by atoms with van der Waals surface area (Å²) < 4.78 is 0. The van der Waals surface area contributed by atoms with Gasteiger partial charge in [-0.05, 0) is 24.5 Å². The molecule has 1 aliphatic carbocycles. The molecule has 0 radical (unpaired) electrons. The summed E-state index contributed by atoms with van der Waals surface area (Å²) in [7, 11) is 2.15. The first-order valence-electron chi connectivity index (χ1n) is 6.30. The molecule has 1 aromatic carbocycles. The van der Waals surface area contributed by atoms with Crippen LogP contribution in [0.15, 0.2) is 18.2 Å². The molecule has 0 amide bonds. The largest absolute Gasteiger partial charge is 0.370 e. The maximum absolute atomic E-state index is 6.32. The van der Waals surface area contributed by atoms with Gasteiger partial charge in [0.2, 0.25) is 0 Å². The van der Waals surface area contributed by atoms with Gasteiger partial charge in [0, 0.05) is 19.0 Å². The Morgan fingerprint density at radius 2 is 1.94 bits per heavy atom. The predicted molar refractivity (Wildman–Crippen MR) is 76.3 cm³/mol. The molecule has 0 unspecified atom stereocenters. The second kappa shape index (κ2) is 5.97. The third kappa shape index (κ3) is 2.89. The van der Waals surface area contributed by atoms with Crippen LogP contribution >= 0.6 is 23.2 Å². The summed E-state index contributed by atoms with van der Waals surface area (Å²) in [5, 5.41) is 0.816. The van der Waals surface area contributed by atoms with Crippen LogP contribution in [0.1, 0.15) is 37.7 Å². The van der Waals surface area contributed by atoms with Crippen molar-refractivity contribution in [1.82, 2.24) is 0 Å². The van der Waals surface area contributed by atoms with Crippen LogP contribution in [-0.4, -0.2) is 13.1 Å². The van der Waals surface area contributed by atoms with E-state index < -0.39 is 0 Å². The molecular formula is C14H19Cl2N. The summed E-state index contributed by atoms with van der Waals surface area (Å²) in [5.41, 5.74) is 2.25. The van der Waals surface area contributed by atoms with Crippen molar-refractivity contribution in [2.45, 2.75) is 44.0 Å². The van der Waals surface area contributed by atoms with E-state index in [9.17, 15) is 0 Å². The Morgan fingerprint density at radius 3 is 2.59 bits per heavy atom. The summed E-state index contributed by atoms with van der Waals surface area (Å²) in [6.07, 6.45) is 6.56. The average Bonchev–Trinajstić information content (AvgIpc) is 2.38. The SMILES string of the molecule is CN(c1c(Cl)cccc1CCl)C1CCCCC1. The van der Waals surface area contributed by atoms with Gasteiger partial charge in [-0.25, -0.2) is 0 Å². The van der Waals surface area contributed by atoms with E-state index in [4.69, 9.17) is 23.2 Å².